The summed E-state index contributed by atoms with van der Waals surface area (Å²) in [6, 6.07) is -0.149. The summed E-state index contributed by atoms with van der Waals surface area (Å²) in [5.74, 6) is -0.153. The number of nitrogens with one attached hydrogen (secondary N) is 2. The van der Waals surface area contributed by atoms with Crippen LogP contribution in [0.2, 0.25) is 0 Å². The van der Waals surface area contributed by atoms with E-state index in [9.17, 15) is 4.79 Å². The summed E-state index contributed by atoms with van der Waals surface area (Å²) in [6.07, 6.45) is 0. The Hall–Kier alpha value is -0.610. The SMILES string of the molecule is C.CCOC(=O)C1CNCCN1. The summed E-state index contributed by atoms with van der Waals surface area (Å²) >= 11 is 0. The van der Waals surface area contributed by atoms with Gasteiger partial charge in [-0.1, -0.05) is 7.43 Å². The van der Waals surface area contributed by atoms with Crippen LogP contribution in [0.25, 0.3) is 0 Å². The third-order valence-electron chi connectivity index (χ3n) is 1.61. The fourth-order valence-corrected chi connectivity index (χ4v) is 1.06. The second-order valence-corrected chi connectivity index (χ2v) is 2.46. The lowest BCUT2D eigenvalue weighted by Crippen LogP contribution is -2.52. The molecule has 0 aromatic heterocycles. The highest BCUT2D eigenvalue weighted by atomic mass is 16.5. The van der Waals surface area contributed by atoms with Crippen LogP contribution in [0.5, 0.6) is 0 Å². The van der Waals surface area contributed by atoms with E-state index >= 15 is 0 Å². The molecule has 1 fully saturated rings. The second kappa shape index (κ2) is 5.97. The van der Waals surface area contributed by atoms with Crippen molar-refractivity contribution in [2.24, 2.45) is 0 Å². The minimum atomic E-state index is -0.153. The number of carbonyl (C=O) groups is 1. The van der Waals surface area contributed by atoms with E-state index in [1.54, 1.807) is 0 Å². The Bertz CT molecular complexity index is 133. The van der Waals surface area contributed by atoms with Crippen molar-refractivity contribution in [3.05, 3.63) is 0 Å². The lowest BCUT2D eigenvalue weighted by atomic mass is 10.2. The molecule has 4 heteroatoms. The lowest BCUT2D eigenvalue weighted by molar-refractivity contribution is -0.145. The Kier molecular flexibility index (Phi) is 5.66. The van der Waals surface area contributed by atoms with Crippen LogP contribution in [-0.4, -0.2) is 38.3 Å². The summed E-state index contributed by atoms with van der Waals surface area (Å²) in [5, 5.41) is 6.18. The van der Waals surface area contributed by atoms with E-state index < -0.39 is 0 Å². The van der Waals surface area contributed by atoms with Gasteiger partial charge in [-0.2, -0.15) is 0 Å². The predicted molar refractivity (Wildman–Crippen MR) is 48.0 cm³/mol. The lowest BCUT2D eigenvalue weighted by Gasteiger charge is -2.22. The van der Waals surface area contributed by atoms with Crippen LogP contribution in [0.1, 0.15) is 14.4 Å². The zero-order chi connectivity index (χ0) is 8.10. The third kappa shape index (κ3) is 3.19. The maximum atomic E-state index is 11.1. The van der Waals surface area contributed by atoms with Gasteiger partial charge in [-0.25, -0.2) is 0 Å². The molecule has 0 saturated carbocycles. The van der Waals surface area contributed by atoms with Crippen molar-refractivity contribution in [2.45, 2.75) is 20.4 Å². The number of hydrogen-bond acceptors (Lipinski definition) is 4. The smallest absolute Gasteiger partial charge is 0.324 e. The molecule has 1 rings (SSSR count). The van der Waals surface area contributed by atoms with Gasteiger partial charge in [0.1, 0.15) is 6.04 Å². The molecule has 1 atom stereocenters. The van der Waals surface area contributed by atoms with E-state index in [0.717, 1.165) is 13.1 Å². The zero-order valence-corrected chi connectivity index (χ0v) is 6.72. The van der Waals surface area contributed by atoms with Gasteiger partial charge >= 0.3 is 5.97 Å². The van der Waals surface area contributed by atoms with Crippen molar-refractivity contribution in [1.82, 2.24) is 10.6 Å². The van der Waals surface area contributed by atoms with E-state index in [2.05, 4.69) is 10.6 Å². The standard InChI is InChI=1S/C7H14N2O2.CH4/c1-2-11-7(10)6-5-8-3-4-9-6;/h6,8-9H,2-5H2,1H3;1H4. The molecule has 1 heterocycles. The van der Waals surface area contributed by atoms with E-state index in [0.29, 0.717) is 13.2 Å². The van der Waals surface area contributed by atoms with Gasteiger partial charge in [-0.05, 0) is 6.92 Å². The van der Waals surface area contributed by atoms with Gasteiger partial charge < -0.3 is 15.4 Å². The zero-order valence-electron chi connectivity index (χ0n) is 6.72. The second-order valence-electron chi connectivity index (χ2n) is 2.46. The van der Waals surface area contributed by atoms with Crippen molar-refractivity contribution in [1.29, 1.82) is 0 Å². The fourth-order valence-electron chi connectivity index (χ4n) is 1.06. The molecule has 0 aromatic rings. The first-order valence-electron chi connectivity index (χ1n) is 3.95. The first-order valence-corrected chi connectivity index (χ1v) is 3.95. The van der Waals surface area contributed by atoms with Gasteiger partial charge in [-0.15, -0.1) is 0 Å². The summed E-state index contributed by atoms with van der Waals surface area (Å²) in [5.41, 5.74) is 0. The predicted octanol–water partition coefficient (Wildman–Crippen LogP) is -0.253. The molecule has 0 aliphatic carbocycles. The maximum absolute atomic E-state index is 11.1. The van der Waals surface area contributed by atoms with Crippen molar-refractivity contribution in [3.8, 4) is 0 Å². The minimum Gasteiger partial charge on any atom is -0.465 e. The van der Waals surface area contributed by atoms with Crippen LogP contribution in [-0.2, 0) is 9.53 Å². The number of esters is 1. The summed E-state index contributed by atoms with van der Waals surface area (Å²) in [7, 11) is 0. The molecule has 2 N–H and O–H groups in total. The van der Waals surface area contributed by atoms with Gasteiger partial charge in [0.25, 0.3) is 0 Å². The Morgan fingerprint density at radius 2 is 2.33 bits per heavy atom. The van der Waals surface area contributed by atoms with Crippen molar-refractivity contribution in [2.75, 3.05) is 26.2 Å². The molecule has 4 nitrogen and oxygen atoms in total. The van der Waals surface area contributed by atoms with Gasteiger partial charge in [-0.3, -0.25) is 4.79 Å². The fraction of sp³-hybridized carbons (Fsp3) is 0.875. The normalized spacial score (nSPS) is 22.6. The number of piperazine rings is 1. The number of ether oxygens (including phenoxy) is 1. The molecule has 1 saturated heterocycles. The van der Waals surface area contributed by atoms with Crippen molar-refractivity contribution >= 4 is 5.97 Å². The topological polar surface area (TPSA) is 50.4 Å². The van der Waals surface area contributed by atoms with E-state index in [-0.39, 0.29) is 19.4 Å². The Labute approximate surface area is 73.7 Å². The molecule has 72 valence electrons. The van der Waals surface area contributed by atoms with Crippen LogP contribution in [0.3, 0.4) is 0 Å². The van der Waals surface area contributed by atoms with Crippen LogP contribution in [0.4, 0.5) is 0 Å². The Morgan fingerprint density at radius 1 is 1.58 bits per heavy atom. The Balaban J connectivity index is 0.00000121. The highest BCUT2D eigenvalue weighted by Gasteiger charge is 2.20. The van der Waals surface area contributed by atoms with Gasteiger partial charge in [0, 0.05) is 19.6 Å². The van der Waals surface area contributed by atoms with Crippen LogP contribution in [0, 0.1) is 0 Å². The van der Waals surface area contributed by atoms with Gasteiger partial charge in [0.05, 0.1) is 6.61 Å². The van der Waals surface area contributed by atoms with E-state index in [4.69, 9.17) is 4.74 Å². The first kappa shape index (κ1) is 11.4. The van der Waals surface area contributed by atoms with E-state index in [1.807, 2.05) is 6.92 Å². The molecule has 0 amide bonds. The summed E-state index contributed by atoms with van der Waals surface area (Å²) < 4.78 is 4.84. The quantitative estimate of drug-likeness (QED) is 0.567. The molecule has 0 aromatic carbocycles. The first-order chi connectivity index (χ1) is 5.34. The largest absolute Gasteiger partial charge is 0.465 e. The van der Waals surface area contributed by atoms with Crippen LogP contribution >= 0.6 is 0 Å². The van der Waals surface area contributed by atoms with E-state index in [1.165, 1.54) is 0 Å². The average molecular weight is 174 g/mol. The van der Waals surface area contributed by atoms with Crippen LogP contribution < -0.4 is 10.6 Å². The summed E-state index contributed by atoms with van der Waals surface area (Å²) in [4.78, 5) is 11.1. The van der Waals surface area contributed by atoms with Crippen molar-refractivity contribution < 1.29 is 9.53 Å². The number of rotatable bonds is 2. The van der Waals surface area contributed by atoms with Crippen LogP contribution in [0.15, 0.2) is 0 Å². The molecule has 12 heavy (non-hydrogen) atoms. The maximum Gasteiger partial charge on any atom is 0.324 e. The van der Waals surface area contributed by atoms with Crippen molar-refractivity contribution in [3.63, 3.8) is 0 Å². The molecular formula is C8H18N2O2. The number of carbonyl (C=O) groups excluding carboxylic acids is 1. The molecular weight excluding hydrogens is 156 g/mol. The monoisotopic (exact) mass is 174 g/mol. The highest BCUT2D eigenvalue weighted by molar-refractivity contribution is 5.76. The molecule has 1 aliphatic rings. The number of hydrogen-bond donors (Lipinski definition) is 2. The highest BCUT2D eigenvalue weighted by Crippen LogP contribution is 1.90. The molecule has 1 unspecified atom stereocenters. The minimum absolute atomic E-state index is 0. The van der Waals surface area contributed by atoms with Gasteiger partial charge in [0.2, 0.25) is 0 Å². The Morgan fingerprint density at radius 3 is 2.83 bits per heavy atom. The summed E-state index contributed by atoms with van der Waals surface area (Å²) in [6.45, 7) is 4.71. The molecule has 1 aliphatic heterocycles. The average Bonchev–Trinajstić information content (AvgIpc) is 2.07. The van der Waals surface area contributed by atoms with Gasteiger partial charge in [0.15, 0.2) is 0 Å². The molecule has 0 spiro atoms. The molecule has 0 radical (unpaired) electrons. The third-order valence-corrected chi connectivity index (χ3v) is 1.61. The molecule has 0 bridgehead atoms.